The third-order valence-electron chi connectivity index (χ3n) is 5.23. The van der Waals surface area contributed by atoms with E-state index in [-0.39, 0.29) is 11.4 Å². The number of nitrogens with zero attached hydrogens (tertiary/aromatic N) is 6. The molecule has 0 unspecified atom stereocenters. The van der Waals surface area contributed by atoms with E-state index >= 15 is 0 Å². The average molecular weight is 435 g/mol. The van der Waals surface area contributed by atoms with Gasteiger partial charge >= 0.3 is 0 Å². The van der Waals surface area contributed by atoms with E-state index in [0.717, 1.165) is 28.1 Å². The second-order valence-corrected chi connectivity index (χ2v) is 7.65. The molecule has 1 N–H and O–H groups in total. The van der Waals surface area contributed by atoms with E-state index < -0.39 is 0 Å². The predicted molar refractivity (Wildman–Crippen MR) is 127 cm³/mol. The van der Waals surface area contributed by atoms with Crippen LogP contribution in [-0.4, -0.2) is 29.5 Å². The monoisotopic (exact) mass is 435 g/mol. The lowest BCUT2D eigenvalue weighted by Gasteiger charge is -2.14. The maximum absolute atomic E-state index is 13.5. The maximum atomic E-state index is 13.5. The Bertz CT molecular complexity index is 1470. The highest BCUT2D eigenvalue weighted by molar-refractivity contribution is 5.76. The Morgan fingerprint density at radius 1 is 0.909 bits per heavy atom. The minimum Gasteiger partial charge on any atom is -0.361 e. The number of nitrogens with one attached hydrogen (secondary N) is 1. The molecular weight excluding hydrogens is 414 g/mol. The minimum atomic E-state index is -0.245. The largest absolute Gasteiger partial charge is 0.361 e. The van der Waals surface area contributed by atoms with E-state index in [1.807, 2.05) is 55.5 Å². The number of hydrogen-bond acceptors (Lipinski definition) is 7. The van der Waals surface area contributed by atoms with Gasteiger partial charge in [0.1, 0.15) is 5.52 Å². The number of aromatic nitrogens is 6. The fraction of sp³-hybridized carbons (Fsp3) is 0.120. The minimum absolute atomic E-state index is 0.245. The van der Waals surface area contributed by atoms with Crippen molar-refractivity contribution < 1.29 is 0 Å². The highest BCUT2D eigenvalue weighted by Crippen LogP contribution is 2.21. The van der Waals surface area contributed by atoms with Gasteiger partial charge in [-0.25, -0.2) is 9.97 Å². The molecular formula is C25H21N7O. The lowest BCUT2D eigenvalue weighted by molar-refractivity contribution is 0.772. The van der Waals surface area contributed by atoms with Crippen molar-refractivity contribution in [3.63, 3.8) is 0 Å². The van der Waals surface area contributed by atoms with Crippen LogP contribution in [0.3, 0.4) is 0 Å². The summed E-state index contributed by atoms with van der Waals surface area (Å²) in [5.41, 5.74) is 5.34. The number of rotatable bonds is 6. The van der Waals surface area contributed by atoms with Gasteiger partial charge in [-0.05, 0) is 54.4 Å². The predicted octanol–water partition coefficient (Wildman–Crippen LogP) is 3.61. The van der Waals surface area contributed by atoms with Crippen LogP contribution in [0, 0.1) is 6.92 Å². The van der Waals surface area contributed by atoms with Crippen molar-refractivity contribution in [1.82, 2.24) is 29.5 Å². The number of fused-ring (bicyclic) bond motifs is 1. The molecule has 0 radical (unpaired) electrons. The van der Waals surface area contributed by atoms with Gasteiger partial charge < -0.3 is 5.32 Å². The lowest BCUT2D eigenvalue weighted by Crippen LogP contribution is -2.26. The van der Waals surface area contributed by atoms with Gasteiger partial charge in [0.2, 0.25) is 0 Å². The first-order valence-electron chi connectivity index (χ1n) is 10.5. The number of aryl methyl sites for hydroxylation is 1. The van der Waals surface area contributed by atoms with Crippen molar-refractivity contribution in [2.75, 3.05) is 5.32 Å². The van der Waals surface area contributed by atoms with Gasteiger partial charge in [-0.3, -0.25) is 24.3 Å². The zero-order valence-electron chi connectivity index (χ0n) is 18.0. The Balaban J connectivity index is 1.61. The van der Waals surface area contributed by atoms with Crippen LogP contribution in [0.5, 0.6) is 0 Å². The van der Waals surface area contributed by atoms with Crippen LogP contribution in [0.1, 0.15) is 16.8 Å². The number of anilines is 1. The SMILES string of the molecule is Cc1cc(-c2ccc3nc(NCc4cccnc4)c(=O)n(Cc4cccnc4)c3n2)ccn1. The molecule has 0 saturated carbocycles. The van der Waals surface area contributed by atoms with Gasteiger partial charge in [-0.2, -0.15) is 0 Å². The molecule has 0 aliphatic heterocycles. The molecule has 8 heteroatoms. The van der Waals surface area contributed by atoms with Crippen LogP contribution in [0.25, 0.3) is 22.4 Å². The molecule has 33 heavy (non-hydrogen) atoms. The summed E-state index contributed by atoms with van der Waals surface area (Å²) < 4.78 is 1.64. The van der Waals surface area contributed by atoms with Crippen LogP contribution >= 0.6 is 0 Å². The lowest BCUT2D eigenvalue weighted by atomic mass is 10.1. The Morgan fingerprint density at radius 3 is 2.42 bits per heavy atom. The van der Waals surface area contributed by atoms with E-state index in [2.05, 4.69) is 25.3 Å². The van der Waals surface area contributed by atoms with Crippen molar-refractivity contribution in [3.8, 4) is 11.3 Å². The van der Waals surface area contributed by atoms with Crippen LogP contribution < -0.4 is 10.9 Å². The summed E-state index contributed by atoms with van der Waals surface area (Å²) in [4.78, 5) is 35.4. The molecule has 0 fully saturated rings. The molecule has 0 amide bonds. The molecule has 0 spiro atoms. The smallest absolute Gasteiger partial charge is 0.295 e. The van der Waals surface area contributed by atoms with Gasteiger partial charge in [-0.1, -0.05) is 12.1 Å². The summed E-state index contributed by atoms with van der Waals surface area (Å²) in [5.74, 6) is 0.268. The van der Waals surface area contributed by atoms with Crippen molar-refractivity contribution in [2.45, 2.75) is 20.0 Å². The van der Waals surface area contributed by atoms with Crippen LogP contribution in [0.4, 0.5) is 5.82 Å². The van der Waals surface area contributed by atoms with Gasteiger partial charge in [0.05, 0.1) is 12.2 Å². The second kappa shape index (κ2) is 8.96. The van der Waals surface area contributed by atoms with Crippen molar-refractivity contribution in [1.29, 1.82) is 0 Å². The van der Waals surface area contributed by atoms with E-state index in [1.54, 1.807) is 35.6 Å². The third kappa shape index (κ3) is 4.45. The summed E-state index contributed by atoms with van der Waals surface area (Å²) >= 11 is 0. The third-order valence-corrected chi connectivity index (χ3v) is 5.23. The Hall–Kier alpha value is -4.46. The molecule has 0 aromatic carbocycles. The van der Waals surface area contributed by atoms with Crippen molar-refractivity contribution in [3.05, 3.63) is 107 Å². The molecule has 5 aromatic heterocycles. The zero-order valence-corrected chi connectivity index (χ0v) is 18.0. The highest BCUT2D eigenvalue weighted by Gasteiger charge is 2.14. The zero-order chi connectivity index (χ0) is 22.6. The summed E-state index contributed by atoms with van der Waals surface area (Å²) in [7, 11) is 0. The van der Waals surface area contributed by atoms with Gasteiger partial charge in [-0.15, -0.1) is 0 Å². The molecule has 5 heterocycles. The topological polar surface area (TPSA) is 98.5 Å². The standard InChI is InChI=1S/C25H21N7O/c1-17-12-20(8-11-28-17)21-6-7-22-24(31-21)32(16-19-5-3-10-27-14-19)25(33)23(30-22)29-15-18-4-2-9-26-13-18/h2-14H,15-16H2,1H3,(H,29,30). The number of hydrogen-bond donors (Lipinski definition) is 1. The maximum Gasteiger partial charge on any atom is 0.295 e. The second-order valence-electron chi connectivity index (χ2n) is 7.65. The van der Waals surface area contributed by atoms with Gasteiger partial charge in [0.15, 0.2) is 11.5 Å². The molecule has 162 valence electrons. The Morgan fingerprint density at radius 2 is 1.70 bits per heavy atom. The summed E-state index contributed by atoms with van der Waals surface area (Å²) in [6.07, 6.45) is 8.68. The fourth-order valence-corrected chi connectivity index (χ4v) is 3.61. The average Bonchev–Trinajstić information content (AvgIpc) is 2.86. The molecule has 5 rings (SSSR count). The number of pyridine rings is 4. The molecule has 0 bridgehead atoms. The van der Waals surface area contributed by atoms with E-state index in [9.17, 15) is 4.79 Å². The van der Waals surface area contributed by atoms with E-state index in [0.29, 0.717) is 24.3 Å². The van der Waals surface area contributed by atoms with Crippen LogP contribution in [-0.2, 0) is 13.1 Å². The van der Waals surface area contributed by atoms with Crippen LogP contribution in [0.2, 0.25) is 0 Å². The first-order valence-corrected chi connectivity index (χ1v) is 10.5. The highest BCUT2D eigenvalue weighted by atomic mass is 16.1. The first-order chi connectivity index (χ1) is 16.2. The van der Waals surface area contributed by atoms with Crippen molar-refractivity contribution in [2.24, 2.45) is 0 Å². The quantitative estimate of drug-likeness (QED) is 0.435. The summed E-state index contributed by atoms with van der Waals surface area (Å²) in [5, 5.41) is 3.17. The Kier molecular flexibility index (Phi) is 5.55. The molecule has 8 nitrogen and oxygen atoms in total. The summed E-state index contributed by atoms with van der Waals surface area (Å²) in [6.45, 7) is 2.71. The van der Waals surface area contributed by atoms with Gasteiger partial charge in [0.25, 0.3) is 5.56 Å². The van der Waals surface area contributed by atoms with Crippen molar-refractivity contribution >= 4 is 17.0 Å². The molecule has 0 aliphatic carbocycles. The molecule has 0 aliphatic rings. The van der Waals surface area contributed by atoms with E-state index in [1.165, 1.54) is 0 Å². The normalized spacial score (nSPS) is 10.9. The van der Waals surface area contributed by atoms with Gasteiger partial charge in [0, 0.05) is 48.8 Å². The van der Waals surface area contributed by atoms with Crippen LogP contribution in [0.15, 0.2) is 84.3 Å². The molecule has 0 atom stereocenters. The molecule has 5 aromatic rings. The van der Waals surface area contributed by atoms with E-state index in [4.69, 9.17) is 4.98 Å². The molecule has 0 saturated heterocycles. The Labute approximate surface area is 190 Å². The summed E-state index contributed by atoms with van der Waals surface area (Å²) in [6, 6.07) is 15.3. The fourth-order valence-electron chi connectivity index (χ4n) is 3.61. The first kappa shape index (κ1) is 20.4.